The van der Waals surface area contributed by atoms with E-state index in [4.69, 9.17) is 11.5 Å². The summed E-state index contributed by atoms with van der Waals surface area (Å²) in [6.45, 7) is 2.00. The molecule has 0 saturated heterocycles. The number of rotatable bonds is 2. The van der Waals surface area contributed by atoms with Gasteiger partial charge in [0.1, 0.15) is 11.6 Å². The molecule has 5 N–H and O–H groups in total. The number of aromatic amines is 1. The highest BCUT2D eigenvalue weighted by molar-refractivity contribution is 5.51. The van der Waals surface area contributed by atoms with Crippen molar-refractivity contribution in [3.63, 3.8) is 0 Å². The lowest BCUT2D eigenvalue weighted by Crippen LogP contribution is -2.17. The number of nitrogens with zero attached hydrogens (tertiary/aromatic N) is 1. The minimum absolute atomic E-state index is 0.234. The summed E-state index contributed by atoms with van der Waals surface area (Å²) in [5.41, 5.74) is 11.3. The quantitative estimate of drug-likeness (QED) is 0.573. The van der Waals surface area contributed by atoms with Crippen LogP contribution in [0.2, 0.25) is 0 Å². The Morgan fingerprint density at radius 2 is 2.17 bits per heavy atom. The van der Waals surface area contributed by atoms with E-state index in [0.717, 1.165) is 18.4 Å². The second kappa shape index (κ2) is 3.25. The zero-order chi connectivity index (χ0) is 9.14. The molecule has 1 heterocycles. The van der Waals surface area contributed by atoms with Crippen LogP contribution in [0.5, 0.6) is 0 Å². The molecule has 0 fully saturated rings. The Kier molecular flexibility index (Phi) is 2.32. The number of hydrogen-bond donors (Lipinski definition) is 3. The molecular formula is C7H12N4O. The molecule has 5 nitrogen and oxygen atoms in total. The Hall–Kier alpha value is -1.52. The number of anilines is 2. The number of nitrogen functional groups attached to an aromatic ring is 2. The monoisotopic (exact) mass is 168 g/mol. The van der Waals surface area contributed by atoms with Gasteiger partial charge in [0.05, 0.1) is 0 Å². The molecular weight excluding hydrogens is 156 g/mol. The third-order valence-corrected chi connectivity index (χ3v) is 1.60. The molecule has 0 atom stereocenters. The van der Waals surface area contributed by atoms with E-state index in [2.05, 4.69) is 9.97 Å². The molecule has 12 heavy (non-hydrogen) atoms. The van der Waals surface area contributed by atoms with Crippen LogP contribution >= 0.6 is 0 Å². The number of nitrogens with one attached hydrogen (secondary N) is 1. The maximum atomic E-state index is 10.7. The van der Waals surface area contributed by atoms with Gasteiger partial charge in [-0.25, -0.2) is 4.79 Å². The maximum absolute atomic E-state index is 10.7. The van der Waals surface area contributed by atoms with Gasteiger partial charge in [0.25, 0.3) is 0 Å². The van der Waals surface area contributed by atoms with E-state index in [1.165, 1.54) is 0 Å². The molecule has 1 aromatic heterocycles. The zero-order valence-corrected chi connectivity index (χ0v) is 6.92. The van der Waals surface area contributed by atoms with Gasteiger partial charge in [0.2, 0.25) is 0 Å². The van der Waals surface area contributed by atoms with Crippen molar-refractivity contribution >= 4 is 11.6 Å². The summed E-state index contributed by atoms with van der Waals surface area (Å²) in [6, 6.07) is 0. The van der Waals surface area contributed by atoms with Crippen LogP contribution in [-0.4, -0.2) is 9.97 Å². The van der Waals surface area contributed by atoms with Crippen molar-refractivity contribution in [3.8, 4) is 0 Å². The second-order valence-electron chi connectivity index (χ2n) is 2.57. The Balaban J connectivity index is 3.18. The largest absolute Gasteiger partial charge is 0.385 e. The molecule has 1 aromatic rings. The van der Waals surface area contributed by atoms with Crippen LogP contribution in [-0.2, 0) is 6.42 Å². The first-order valence-corrected chi connectivity index (χ1v) is 3.79. The van der Waals surface area contributed by atoms with E-state index in [1.807, 2.05) is 6.92 Å². The molecule has 0 amide bonds. The maximum Gasteiger partial charge on any atom is 0.348 e. The summed E-state index contributed by atoms with van der Waals surface area (Å²) in [4.78, 5) is 16.7. The zero-order valence-electron chi connectivity index (χ0n) is 6.92. The molecule has 0 bridgehead atoms. The van der Waals surface area contributed by atoms with Gasteiger partial charge in [-0.05, 0) is 6.42 Å². The van der Waals surface area contributed by atoms with Crippen LogP contribution in [0.4, 0.5) is 11.6 Å². The lowest BCUT2D eigenvalue weighted by atomic mass is 10.1. The molecule has 0 aromatic carbocycles. The van der Waals surface area contributed by atoms with Crippen LogP contribution in [0, 0.1) is 0 Å². The molecule has 0 aliphatic carbocycles. The van der Waals surface area contributed by atoms with Crippen molar-refractivity contribution in [2.24, 2.45) is 0 Å². The van der Waals surface area contributed by atoms with E-state index in [0.29, 0.717) is 5.82 Å². The summed E-state index contributed by atoms with van der Waals surface area (Å²) < 4.78 is 0. The third kappa shape index (κ3) is 1.55. The molecule has 1 rings (SSSR count). The normalized spacial score (nSPS) is 10.1. The summed E-state index contributed by atoms with van der Waals surface area (Å²) >= 11 is 0. The van der Waals surface area contributed by atoms with Crippen molar-refractivity contribution in [3.05, 3.63) is 16.0 Å². The second-order valence-corrected chi connectivity index (χ2v) is 2.57. The van der Waals surface area contributed by atoms with Crippen molar-refractivity contribution in [1.29, 1.82) is 0 Å². The fourth-order valence-electron chi connectivity index (χ4n) is 1.05. The first-order valence-electron chi connectivity index (χ1n) is 3.79. The molecule has 0 aliphatic heterocycles. The van der Waals surface area contributed by atoms with Gasteiger partial charge in [-0.2, -0.15) is 4.98 Å². The van der Waals surface area contributed by atoms with Crippen LogP contribution in [0.25, 0.3) is 0 Å². The Labute approximate surface area is 69.8 Å². The van der Waals surface area contributed by atoms with E-state index in [-0.39, 0.29) is 5.82 Å². The van der Waals surface area contributed by atoms with E-state index >= 15 is 0 Å². The van der Waals surface area contributed by atoms with Gasteiger partial charge >= 0.3 is 5.69 Å². The summed E-state index contributed by atoms with van der Waals surface area (Å²) in [5, 5.41) is 0. The predicted octanol–water partition coefficient (Wildman–Crippen LogP) is -0.113. The van der Waals surface area contributed by atoms with Crippen molar-refractivity contribution in [1.82, 2.24) is 9.97 Å². The minimum Gasteiger partial charge on any atom is -0.385 e. The summed E-state index contributed by atoms with van der Waals surface area (Å²) in [6.07, 6.45) is 1.66. The number of H-pyrrole nitrogens is 1. The fraction of sp³-hybridized carbons (Fsp3) is 0.429. The number of nitrogens with two attached hydrogens (primary N) is 2. The SMILES string of the molecule is CCCc1c(N)nc(=O)[nH]c1N. The average Bonchev–Trinajstić information content (AvgIpc) is 1.96. The molecule has 66 valence electrons. The van der Waals surface area contributed by atoms with Gasteiger partial charge in [-0.1, -0.05) is 13.3 Å². The number of aromatic nitrogens is 2. The molecule has 0 saturated carbocycles. The Bertz CT molecular complexity index is 304. The minimum atomic E-state index is -0.496. The van der Waals surface area contributed by atoms with Crippen molar-refractivity contribution in [2.45, 2.75) is 19.8 Å². The predicted molar refractivity (Wildman–Crippen MR) is 47.7 cm³/mol. The van der Waals surface area contributed by atoms with Crippen molar-refractivity contribution < 1.29 is 0 Å². The molecule has 0 unspecified atom stereocenters. The first kappa shape index (κ1) is 8.58. The highest BCUT2D eigenvalue weighted by Crippen LogP contribution is 2.13. The van der Waals surface area contributed by atoms with Gasteiger partial charge in [-0.15, -0.1) is 0 Å². The van der Waals surface area contributed by atoms with Gasteiger partial charge < -0.3 is 11.5 Å². The van der Waals surface area contributed by atoms with Crippen LogP contribution in [0.1, 0.15) is 18.9 Å². The molecule has 0 aliphatic rings. The lowest BCUT2D eigenvalue weighted by molar-refractivity contribution is 0.902. The summed E-state index contributed by atoms with van der Waals surface area (Å²) in [5.74, 6) is 0.562. The smallest absolute Gasteiger partial charge is 0.348 e. The molecule has 0 spiro atoms. The third-order valence-electron chi connectivity index (χ3n) is 1.60. The number of hydrogen-bond acceptors (Lipinski definition) is 4. The van der Waals surface area contributed by atoms with Crippen LogP contribution in [0.15, 0.2) is 4.79 Å². The van der Waals surface area contributed by atoms with Crippen LogP contribution in [0.3, 0.4) is 0 Å². The van der Waals surface area contributed by atoms with Gasteiger partial charge in [0, 0.05) is 5.56 Å². The lowest BCUT2D eigenvalue weighted by Gasteiger charge is -2.04. The Morgan fingerprint density at radius 3 is 2.67 bits per heavy atom. The molecule has 5 heteroatoms. The topological polar surface area (TPSA) is 97.8 Å². The van der Waals surface area contributed by atoms with E-state index in [9.17, 15) is 4.79 Å². The van der Waals surface area contributed by atoms with Crippen molar-refractivity contribution in [2.75, 3.05) is 11.5 Å². The standard InChI is InChI=1S/C7H12N4O/c1-2-3-4-5(8)10-7(12)11-6(4)9/h2-3H2,1H3,(H5,8,9,10,11,12). The Morgan fingerprint density at radius 1 is 1.50 bits per heavy atom. The van der Waals surface area contributed by atoms with Crippen LogP contribution < -0.4 is 17.2 Å². The van der Waals surface area contributed by atoms with E-state index < -0.39 is 5.69 Å². The fourth-order valence-corrected chi connectivity index (χ4v) is 1.05. The summed E-state index contributed by atoms with van der Waals surface area (Å²) in [7, 11) is 0. The highest BCUT2D eigenvalue weighted by Gasteiger charge is 2.05. The first-order chi connectivity index (χ1) is 5.65. The highest BCUT2D eigenvalue weighted by atomic mass is 16.1. The van der Waals surface area contributed by atoms with Gasteiger partial charge in [-0.3, -0.25) is 4.98 Å². The molecule has 0 radical (unpaired) electrons. The average molecular weight is 168 g/mol. The van der Waals surface area contributed by atoms with E-state index in [1.54, 1.807) is 0 Å². The van der Waals surface area contributed by atoms with Gasteiger partial charge in [0.15, 0.2) is 0 Å².